The first kappa shape index (κ1) is 5.65. The van der Waals surface area contributed by atoms with Crippen molar-refractivity contribution in [3.05, 3.63) is 11.0 Å². The lowest BCUT2D eigenvalue weighted by Gasteiger charge is -1.86. The molecule has 0 saturated heterocycles. The van der Waals surface area contributed by atoms with E-state index in [1.807, 2.05) is 0 Å². The Morgan fingerprint density at radius 3 is 3.00 bits per heavy atom. The van der Waals surface area contributed by atoms with Crippen molar-refractivity contribution in [2.45, 2.75) is 0 Å². The topological polar surface area (TPSA) is 46.5 Å². The molecule has 0 unspecified atom stereocenters. The lowest BCUT2D eigenvalue weighted by molar-refractivity contribution is -0.132. The van der Waals surface area contributed by atoms with E-state index in [9.17, 15) is 4.79 Å². The van der Waals surface area contributed by atoms with Crippen molar-refractivity contribution in [1.29, 1.82) is 0 Å². The van der Waals surface area contributed by atoms with Crippen LogP contribution in [-0.4, -0.2) is 17.7 Å². The van der Waals surface area contributed by atoms with Crippen molar-refractivity contribution in [3.63, 3.8) is 0 Å². The Balaban J connectivity index is 2.57. The largest absolute Gasteiger partial charge is 0.478 e. The van der Waals surface area contributed by atoms with E-state index in [1.165, 1.54) is 5.41 Å². The van der Waals surface area contributed by atoms with E-state index in [4.69, 9.17) is 5.11 Å². The highest BCUT2D eigenvalue weighted by atomic mass is 32.2. The molecule has 0 aromatic carbocycles. The van der Waals surface area contributed by atoms with Crippen LogP contribution in [0.1, 0.15) is 0 Å². The van der Waals surface area contributed by atoms with E-state index in [0.717, 1.165) is 12.0 Å². The van der Waals surface area contributed by atoms with Gasteiger partial charge in [0.05, 0.1) is 12.2 Å². The van der Waals surface area contributed by atoms with Gasteiger partial charge in [0.2, 0.25) is 0 Å². The molecule has 0 aromatic rings. The van der Waals surface area contributed by atoms with E-state index in [2.05, 4.69) is 4.18 Å². The van der Waals surface area contributed by atoms with Crippen LogP contribution in [0.3, 0.4) is 0 Å². The molecule has 0 atom stereocenters. The summed E-state index contributed by atoms with van der Waals surface area (Å²) in [6.45, 7) is 0.222. The van der Waals surface area contributed by atoms with Crippen LogP contribution in [0.5, 0.6) is 0 Å². The Hall–Kier alpha value is -0.480. The summed E-state index contributed by atoms with van der Waals surface area (Å²) in [5, 5.41) is 9.74. The SMILES string of the molecule is O=C(O)C1=CSOC1. The van der Waals surface area contributed by atoms with Crippen molar-refractivity contribution < 1.29 is 14.1 Å². The summed E-state index contributed by atoms with van der Waals surface area (Å²) in [5.74, 6) is -0.894. The van der Waals surface area contributed by atoms with Gasteiger partial charge in [0.1, 0.15) is 0 Å². The molecule has 1 rings (SSSR count). The molecule has 44 valence electrons. The zero-order valence-corrected chi connectivity index (χ0v) is 4.77. The Labute approximate surface area is 50.5 Å². The number of carboxylic acid groups (broad SMARTS) is 1. The smallest absolute Gasteiger partial charge is 0.334 e. The number of hydrogen-bond acceptors (Lipinski definition) is 3. The summed E-state index contributed by atoms with van der Waals surface area (Å²) in [7, 11) is 0. The molecule has 1 heterocycles. The molecule has 0 fully saturated rings. The first-order valence-electron chi connectivity index (χ1n) is 2.01. The molecule has 8 heavy (non-hydrogen) atoms. The van der Waals surface area contributed by atoms with Gasteiger partial charge in [-0.05, 0) is 0 Å². The van der Waals surface area contributed by atoms with E-state index < -0.39 is 5.97 Å². The second-order valence-corrected chi connectivity index (χ2v) is 1.97. The molecule has 1 aliphatic heterocycles. The minimum atomic E-state index is -0.894. The molecule has 0 aromatic heterocycles. The number of carboxylic acids is 1. The highest BCUT2D eigenvalue weighted by molar-refractivity contribution is 7.97. The second-order valence-electron chi connectivity index (χ2n) is 1.31. The summed E-state index contributed by atoms with van der Waals surface area (Å²) in [6, 6.07) is 0. The molecular formula is C4H4O3S. The standard InChI is InChI=1S/C4H4O3S/c5-4(6)3-1-7-8-2-3/h2H,1H2,(H,5,6). The van der Waals surface area contributed by atoms with Crippen LogP contribution in [-0.2, 0) is 8.98 Å². The quantitative estimate of drug-likeness (QED) is 0.531. The van der Waals surface area contributed by atoms with Gasteiger partial charge in [0.25, 0.3) is 0 Å². The molecule has 1 aliphatic rings. The molecule has 0 amide bonds. The Morgan fingerprint density at radius 2 is 2.75 bits per heavy atom. The summed E-state index contributed by atoms with van der Waals surface area (Å²) < 4.78 is 4.66. The first-order chi connectivity index (χ1) is 3.80. The summed E-state index contributed by atoms with van der Waals surface area (Å²) >= 11 is 1.07. The first-order valence-corrected chi connectivity index (χ1v) is 2.82. The maximum absolute atomic E-state index is 10.0. The van der Waals surface area contributed by atoms with E-state index in [-0.39, 0.29) is 6.61 Å². The molecule has 3 nitrogen and oxygen atoms in total. The number of hydrogen-bond donors (Lipinski definition) is 1. The number of rotatable bonds is 1. The molecule has 0 radical (unpaired) electrons. The highest BCUT2D eigenvalue weighted by Gasteiger charge is 2.11. The number of aliphatic carboxylic acids is 1. The normalized spacial score (nSPS) is 18.2. The Morgan fingerprint density at radius 1 is 2.00 bits per heavy atom. The molecular weight excluding hydrogens is 128 g/mol. The lowest BCUT2D eigenvalue weighted by Crippen LogP contribution is -2.00. The van der Waals surface area contributed by atoms with E-state index in [0.29, 0.717) is 5.57 Å². The van der Waals surface area contributed by atoms with Crippen LogP contribution < -0.4 is 0 Å². The van der Waals surface area contributed by atoms with Gasteiger partial charge in [-0.1, -0.05) is 0 Å². The van der Waals surface area contributed by atoms with Gasteiger partial charge in [-0.15, -0.1) is 0 Å². The van der Waals surface area contributed by atoms with Gasteiger partial charge in [0, 0.05) is 17.5 Å². The van der Waals surface area contributed by atoms with Crippen molar-refractivity contribution in [1.82, 2.24) is 0 Å². The minimum absolute atomic E-state index is 0.222. The highest BCUT2D eigenvalue weighted by Crippen LogP contribution is 2.18. The molecule has 0 bridgehead atoms. The van der Waals surface area contributed by atoms with Crippen LogP contribution >= 0.6 is 12.0 Å². The zero-order valence-electron chi connectivity index (χ0n) is 3.96. The second kappa shape index (κ2) is 2.19. The van der Waals surface area contributed by atoms with Crippen LogP contribution in [0.2, 0.25) is 0 Å². The van der Waals surface area contributed by atoms with Gasteiger partial charge in [0.15, 0.2) is 0 Å². The predicted octanol–water partition coefficient (Wildman–Crippen LogP) is 0.633. The fourth-order valence-electron chi connectivity index (χ4n) is 0.336. The van der Waals surface area contributed by atoms with Gasteiger partial charge >= 0.3 is 5.97 Å². The van der Waals surface area contributed by atoms with Crippen LogP contribution in [0, 0.1) is 0 Å². The van der Waals surface area contributed by atoms with Gasteiger partial charge in [-0.2, -0.15) is 0 Å². The fraction of sp³-hybridized carbons (Fsp3) is 0.250. The monoisotopic (exact) mass is 132 g/mol. The van der Waals surface area contributed by atoms with Crippen molar-refractivity contribution in [3.8, 4) is 0 Å². The van der Waals surface area contributed by atoms with Gasteiger partial charge in [-0.25, -0.2) is 4.79 Å². The third kappa shape index (κ3) is 1.02. The van der Waals surface area contributed by atoms with Gasteiger partial charge < -0.3 is 9.29 Å². The van der Waals surface area contributed by atoms with Crippen LogP contribution in [0.15, 0.2) is 11.0 Å². The van der Waals surface area contributed by atoms with Gasteiger partial charge in [-0.3, -0.25) is 0 Å². The molecule has 0 spiro atoms. The van der Waals surface area contributed by atoms with Crippen LogP contribution in [0.4, 0.5) is 0 Å². The predicted molar refractivity (Wildman–Crippen MR) is 29.3 cm³/mol. The molecule has 4 heteroatoms. The summed E-state index contributed by atoms with van der Waals surface area (Å²) in [6.07, 6.45) is 0. The molecule has 0 aliphatic carbocycles. The van der Waals surface area contributed by atoms with E-state index >= 15 is 0 Å². The molecule has 1 N–H and O–H groups in total. The summed E-state index contributed by atoms with van der Waals surface area (Å²) in [5.41, 5.74) is 0.329. The van der Waals surface area contributed by atoms with Crippen molar-refractivity contribution in [2.24, 2.45) is 0 Å². The fourth-order valence-corrected chi connectivity index (χ4v) is 0.884. The average molecular weight is 132 g/mol. The Bertz CT molecular complexity index is 140. The van der Waals surface area contributed by atoms with Crippen molar-refractivity contribution in [2.75, 3.05) is 6.61 Å². The molecule has 0 saturated carbocycles. The third-order valence-corrected chi connectivity index (χ3v) is 1.38. The third-order valence-electron chi connectivity index (χ3n) is 0.748. The zero-order chi connectivity index (χ0) is 5.98. The maximum Gasteiger partial charge on any atom is 0.334 e. The maximum atomic E-state index is 10.0. The van der Waals surface area contributed by atoms with E-state index in [1.54, 1.807) is 0 Å². The Kier molecular flexibility index (Phi) is 1.55. The van der Waals surface area contributed by atoms with Crippen LogP contribution in [0.25, 0.3) is 0 Å². The van der Waals surface area contributed by atoms with Crippen molar-refractivity contribution >= 4 is 18.0 Å². The lowest BCUT2D eigenvalue weighted by atomic mass is 10.3. The summed E-state index contributed by atoms with van der Waals surface area (Å²) in [4.78, 5) is 10.0. The average Bonchev–Trinajstić information content (AvgIpc) is 2.12. The minimum Gasteiger partial charge on any atom is -0.478 e. The number of carbonyl (C=O) groups is 1.